The summed E-state index contributed by atoms with van der Waals surface area (Å²) in [5.74, 6) is 0. The molecule has 7 heteroatoms. The minimum absolute atomic E-state index is 0.0654. The standard InChI is InChI=1S/C10H18N2O5/c1-7-10(14,6-12(15)16)5-11(7)8(13)17-9(2,3)4/h7,14H,5-6H2,1-4H3. The molecule has 0 spiro atoms. The van der Waals surface area contributed by atoms with Crippen molar-refractivity contribution < 1.29 is 19.6 Å². The van der Waals surface area contributed by atoms with Gasteiger partial charge < -0.3 is 9.84 Å². The second kappa shape index (κ2) is 4.14. The molecule has 17 heavy (non-hydrogen) atoms. The Morgan fingerprint density at radius 3 is 2.53 bits per heavy atom. The number of aliphatic hydroxyl groups is 1. The van der Waals surface area contributed by atoms with Crippen LogP contribution in [0.4, 0.5) is 4.79 Å². The maximum absolute atomic E-state index is 11.6. The Hall–Kier alpha value is -1.37. The molecule has 1 aliphatic heterocycles. The van der Waals surface area contributed by atoms with Crippen molar-refractivity contribution in [3.05, 3.63) is 10.1 Å². The van der Waals surface area contributed by atoms with Crippen molar-refractivity contribution in [2.45, 2.75) is 44.9 Å². The van der Waals surface area contributed by atoms with Gasteiger partial charge in [0.25, 0.3) is 0 Å². The first-order valence-electron chi connectivity index (χ1n) is 5.39. The number of likely N-dealkylation sites (tertiary alicyclic amines) is 1. The van der Waals surface area contributed by atoms with E-state index in [4.69, 9.17) is 4.74 Å². The molecule has 0 aliphatic carbocycles. The van der Waals surface area contributed by atoms with Gasteiger partial charge in [0.1, 0.15) is 5.60 Å². The van der Waals surface area contributed by atoms with Crippen molar-refractivity contribution in [2.24, 2.45) is 0 Å². The maximum Gasteiger partial charge on any atom is 0.410 e. The Kier molecular flexibility index (Phi) is 3.33. The van der Waals surface area contributed by atoms with E-state index in [2.05, 4.69) is 0 Å². The van der Waals surface area contributed by atoms with Gasteiger partial charge in [-0.1, -0.05) is 0 Å². The van der Waals surface area contributed by atoms with Gasteiger partial charge in [0.05, 0.1) is 12.6 Å². The monoisotopic (exact) mass is 246 g/mol. The number of carbonyl (C=O) groups is 1. The summed E-state index contributed by atoms with van der Waals surface area (Å²) in [5, 5.41) is 20.2. The van der Waals surface area contributed by atoms with Crippen LogP contribution < -0.4 is 0 Å². The molecule has 1 fully saturated rings. The smallest absolute Gasteiger partial charge is 0.410 e. The van der Waals surface area contributed by atoms with Crippen LogP contribution in [-0.4, -0.2) is 51.4 Å². The summed E-state index contributed by atoms with van der Waals surface area (Å²) in [5.41, 5.74) is -2.06. The van der Waals surface area contributed by atoms with Gasteiger partial charge in [-0.05, 0) is 27.7 Å². The molecular formula is C10H18N2O5. The van der Waals surface area contributed by atoms with Crippen LogP contribution in [0.2, 0.25) is 0 Å². The number of rotatable bonds is 2. The number of hydrogen-bond acceptors (Lipinski definition) is 5. The van der Waals surface area contributed by atoms with E-state index >= 15 is 0 Å². The van der Waals surface area contributed by atoms with Crippen LogP contribution in [-0.2, 0) is 4.74 Å². The van der Waals surface area contributed by atoms with E-state index in [9.17, 15) is 20.0 Å². The molecule has 0 aromatic heterocycles. The van der Waals surface area contributed by atoms with E-state index in [1.54, 1.807) is 27.7 Å². The van der Waals surface area contributed by atoms with Gasteiger partial charge in [-0.25, -0.2) is 4.79 Å². The first kappa shape index (κ1) is 13.7. The Bertz CT molecular complexity index is 338. The van der Waals surface area contributed by atoms with E-state index in [0.717, 1.165) is 0 Å². The average molecular weight is 246 g/mol. The number of hydrogen-bond donors (Lipinski definition) is 1. The maximum atomic E-state index is 11.6. The lowest BCUT2D eigenvalue weighted by atomic mass is 9.85. The van der Waals surface area contributed by atoms with Crippen molar-refractivity contribution in [1.29, 1.82) is 0 Å². The summed E-state index contributed by atoms with van der Waals surface area (Å²) in [4.78, 5) is 22.7. The summed E-state index contributed by atoms with van der Waals surface area (Å²) in [6.07, 6.45) is -0.557. The second-order valence-corrected chi connectivity index (χ2v) is 5.38. The van der Waals surface area contributed by atoms with Crippen LogP contribution in [0, 0.1) is 10.1 Å². The molecule has 0 aromatic rings. The minimum Gasteiger partial charge on any atom is -0.444 e. The molecule has 7 nitrogen and oxygen atoms in total. The van der Waals surface area contributed by atoms with E-state index < -0.39 is 34.8 Å². The zero-order valence-electron chi connectivity index (χ0n) is 10.5. The van der Waals surface area contributed by atoms with Gasteiger partial charge in [0.2, 0.25) is 6.54 Å². The second-order valence-electron chi connectivity index (χ2n) is 5.38. The molecule has 0 saturated carbocycles. The fourth-order valence-electron chi connectivity index (χ4n) is 1.69. The molecule has 2 unspecified atom stereocenters. The molecule has 1 N–H and O–H groups in total. The largest absolute Gasteiger partial charge is 0.444 e. The molecule has 98 valence electrons. The number of amides is 1. The fraction of sp³-hybridized carbons (Fsp3) is 0.900. The van der Waals surface area contributed by atoms with Gasteiger partial charge in [-0.2, -0.15) is 0 Å². The van der Waals surface area contributed by atoms with Crippen LogP contribution in [0.25, 0.3) is 0 Å². The average Bonchev–Trinajstić information content (AvgIpc) is 2.09. The molecule has 1 heterocycles. The molecule has 0 radical (unpaired) electrons. The highest BCUT2D eigenvalue weighted by molar-refractivity contribution is 5.70. The molecule has 1 amide bonds. The predicted octanol–water partition coefficient (Wildman–Crippen LogP) is 0.633. The molecular weight excluding hydrogens is 228 g/mol. The molecule has 0 bridgehead atoms. The number of nitro groups is 1. The van der Waals surface area contributed by atoms with Crippen LogP contribution in [0.5, 0.6) is 0 Å². The van der Waals surface area contributed by atoms with Crippen LogP contribution in [0.15, 0.2) is 0 Å². The lowest BCUT2D eigenvalue weighted by Crippen LogP contribution is -2.72. The Labute approximate surface area is 99.5 Å². The molecule has 0 aromatic carbocycles. The predicted molar refractivity (Wildman–Crippen MR) is 59.2 cm³/mol. The summed E-state index contributed by atoms with van der Waals surface area (Å²) in [7, 11) is 0. The van der Waals surface area contributed by atoms with E-state index in [0.29, 0.717) is 0 Å². The van der Waals surface area contributed by atoms with E-state index in [-0.39, 0.29) is 6.54 Å². The summed E-state index contributed by atoms with van der Waals surface area (Å²) in [6, 6.07) is -0.609. The van der Waals surface area contributed by atoms with E-state index in [1.807, 2.05) is 0 Å². The number of nitrogens with zero attached hydrogens (tertiary/aromatic N) is 2. The Balaban J connectivity index is 2.57. The van der Waals surface area contributed by atoms with Crippen LogP contribution in [0.3, 0.4) is 0 Å². The molecule has 1 saturated heterocycles. The number of carbonyl (C=O) groups excluding carboxylic acids is 1. The van der Waals surface area contributed by atoms with Crippen LogP contribution in [0.1, 0.15) is 27.7 Å². The summed E-state index contributed by atoms with van der Waals surface area (Å²) < 4.78 is 5.12. The topological polar surface area (TPSA) is 92.9 Å². The lowest BCUT2D eigenvalue weighted by molar-refractivity contribution is -0.508. The van der Waals surface area contributed by atoms with Crippen molar-refractivity contribution in [1.82, 2.24) is 4.90 Å². The normalized spacial score (nSPS) is 28.5. The van der Waals surface area contributed by atoms with E-state index in [1.165, 1.54) is 4.90 Å². The van der Waals surface area contributed by atoms with Gasteiger partial charge in [-0.3, -0.25) is 15.0 Å². The lowest BCUT2D eigenvalue weighted by Gasteiger charge is -2.50. The first-order valence-corrected chi connectivity index (χ1v) is 5.39. The van der Waals surface area contributed by atoms with Crippen molar-refractivity contribution in [3.63, 3.8) is 0 Å². The summed E-state index contributed by atoms with van der Waals surface area (Å²) >= 11 is 0. The van der Waals surface area contributed by atoms with Gasteiger partial charge in [-0.15, -0.1) is 0 Å². The highest BCUT2D eigenvalue weighted by atomic mass is 16.6. The highest BCUT2D eigenvalue weighted by Crippen LogP contribution is 2.30. The molecule has 1 rings (SSSR count). The first-order chi connectivity index (χ1) is 7.55. The fourth-order valence-corrected chi connectivity index (χ4v) is 1.69. The minimum atomic E-state index is -1.44. The number of ether oxygens (including phenoxy) is 1. The third-order valence-corrected chi connectivity index (χ3v) is 2.72. The zero-order valence-corrected chi connectivity index (χ0v) is 10.5. The molecule has 2 atom stereocenters. The van der Waals surface area contributed by atoms with Crippen molar-refractivity contribution in [3.8, 4) is 0 Å². The summed E-state index contributed by atoms with van der Waals surface area (Å²) in [6.45, 7) is 6.14. The third-order valence-electron chi connectivity index (χ3n) is 2.72. The van der Waals surface area contributed by atoms with Crippen LogP contribution >= 0.6 is 0 Å². The van der Waals surface area contributed by atoms with Gasteiger partial charge >= 0.3 is 6.09 Å². The SMILES string of the molecule is CC1N(C(=O)OC(C)(C)C)CC1(O)C[N+](=O)[O-]. The number of β-amino-alcohol motifs (C(OH)–C–C–N with tert-alkyl or cyclic N) is 1. The third kappa shape index (κ3) is 3.06. The Morgan fingerprint density at radius 2 is 2.18 bits per heavy atom. The van der Waals surface area contributed by atoms with Gasteiger partial charge in [0.15, 0.2) is 5.60 Å². The zero-order chi connectivity index (χ0) is 13.4. The van der Waals surface area contributed by atoms with Gasteiger partial charge in [0, 0.05) is 4.92 Å². The highest BCUT2D eigenvalue weighted by Gasteiger charge is 2.55. The van der Waals surface area contributed by atoms with Crippen molar-refractivity contribution >= 4 is 6.09 Å². The molecule has 1 aliphatic rings. The Morgan fingerprint density at radius 1 is 1.65 bits per heavy atom. The quantitative estimate of drug-likeness (QED) is 0.570. The van der Waals surface area contributed by atoms with Crippen molar-refractivity contribution in [2.75, 3.05) is 13.1 Å².